The number of rotatable bonds is 5. The highest BCUT2D eigenvalue weighted by Crippen LogP contribution is 2.24. The molecule has 6 nitrogen and oxygen atoms in total. The second-order valence-corrected chi connectivity index (χ2v) is 5.36. The maximum Gasteiger partial charge on any atom is 0.274 e. The molecule has 1 unspecified atom stereocenters. The van der Waals surface area contributed by atoms with Gasteiger partial charge in [-0.2, -0.15) is 16.9 Å². The van der Waals surface area contributed by atoms with Gasteiger partial charge >= 0.3 is 0 Å². The standard InChI is InChI=1S/C11H18N4O2S/c1-17-4-3-15(8-2-5-18-7-8)11(16)10-9(12)6-13-14-10/h6,8H,2-5,7,12H2,1H3,(H,13,14). The summed E-state index contributed by atoms with van der Waals surface area (Å²) in [5.41, 5.74) is 6.50. The van der Waals surface area contributed by atoms with Crippen molar-refractivity contribution in [1.82, 2.24) is 15.1 Å². The number of hydrogen-bond donors (Lipinski definition) is 2. The molecule has 1 aliphatic rings. The minimum Gasteiger partial charge on any atom is -0.396 e. The number of H-pyrrole nitrogens is 1. The molecule has 0 aromatic carbocycles. The number of carbonyl (C=O) groups is 1. The number of ether oxygens (including phenoxy) is 1. The van der Waals surface area contributed by atoms with Crippen LogP contribution in [0.15, 0.2) is 6.20 Å². The van der Waals surface area contributed by atoms with E-state index in [2.05, 4.69) is 10.2 Å². The minimum atomic E-state index is -0.0884. The smallest absolute Gasteiger partial charge is 0.274 e. The molecule has 2 rings (SSSR count). The van der Waals surface area contributed by atoms with Crippen LogP contribution in [0.4, 0.5) is 5.69 Å². The lowest BCUT2D eigenvalue weighted by Crippen LogP contribution is -2.42. The predicted molar refractivity (Wildman–Crippen MR) is 71.6 cm³/mol. The SMILES string of the molecule is COCCN(C(=O)c1[nH]ncc1N)C1CCSC1. The lowest BCUT2D eigenvalue weighted by molar-refractivity contribution is 0.0620. The number of nitrogens with zero attached hydrogens (tertiary/aromatic N) is 2. The quantitative estimate of drug-likeness (QED) is 0.818. The number of carbonyl (C=O) groups excluding carboxylic acids is 1. The van der Waals surface area contributed by atoms with Crippen molar-refractivity contribution in [2.45, 2.75) is 12.5 Å². The van der Waals surface area contributed by atoms with Crippen LogP contribution < -0.4 is 5.73 Å². The molecule has 0 saturated carbocycles. The Morgan fingerprint density at radius 1 is 1.78 bits per heavy atom. The van der Waals surface area contributed by atoms with Crippen LogP contribution in [0.5, 0.6) is 0 Å². The van der Waals surface area contributed by atoms with Crippen molar-refractivity contribution in [2.75, 3.05) is 37.5 Å². The van der Waals surface area contributed by atoms with E-state index in [0.29, 0.717) is 24.5 Å². The van der Waals surface area contributed by atoms with E-state index < -0.39 is 0 Å². The fourth-order valence-corrected chi connectivity index (χ4v) is 3.24. The first-order valence-corrected chi connectivity index (χ1v) is 7.06. The third kappa shape index (κ3) is 2.78. The van der Waals surface area contributed by atoms with Gasteiger partial charge in [-0.25, -0.2) is 0 Å². The van der Waals surface area contributed by atoms with E-state index in [9.17, 15) is 4.79 Å². The van der Waals surface area contributed by atoms with Crippen molar-refractivity contribution < 1.29 is 9.53 Å². The van der Waals surface area contributed by atoms with Gasteiger partial charge in [0.05, 0.1) is 18.5 Å². The van der Waals surface area contributed by atoms with Gasteiger partial charge in [-0.3, -0.25) is 9.89 Å². The number of amides is 1. The maximum atomic E-state index is 12.4. The van der Waals surface area contributed by atoms with Gasteiger partial charge < -0.3 is 15.4 Å². The Morgan fingerprint density at radius 2 is 2.61 bits per heavy atom. The van der Waals surface area contributed by atoms with E-state index in [4.69, 9.17) is 10.5 Å². The molecule has 1 atom stereocenters. The second kappa shape index (κ2) is 6.10. The molecule has 0 spiro atoms. The van der Waals surface area contributed by atoms with Crippen molar-refractivity contribution >= 4 is 23.4 Å². The molecule has 1 aromatic heterocycles. The summed E-state index contributed by atoms with van der Waals surface area (Å²) >= 11 is 1.87. The second-order valence-electron chi connectivity index (χ2n) is 4.21. The zero-order valence-electron chi connectivity index (χ0n) is 10.4. The Balaban J connectivity index is 2.12. The van der Waals surface area contributed by atoms with Crippen molar-refractivity contribution in [3.05, 3.63) is 11.9 Å². The highest BCUT2D eigenvalue weighted by atomic mass is 32.2. The van der Waals surface area contributed by atoms with Gasteiger partial charge in [-0.1, -0.05) is 0 Å². The number of methoxy groups -OCH3 is 1. The Hall–Kier alpha value is -1.21. The van der Waals surface area contributed by atoms with Gasteiger partial charge in [0.2, 0.25) is 0 Å². The van der Waals surface area contributed by atoms with Crippen LogP contribution in [-0.4, -0.2) is 58.8 Å². The molecule has 100 valence electrons. The maximum absolute atomic E-state index is 12.4. The summed E-state index contributed by atoms with van der Waals surface area (Å²) < 4.78 is 5.07. The summed E-state index contributed by atoms with van der Waals surface area (Å²) in [5, 5.41) is 6.47. The first-order chi connectivity index (χ1) is 8.74. The van der Waals surface area contributed by atoms with Gasteiger partial charge in [-0.05, 0) is 12.2 Å². The summed E-state index contributed by atoms with van der Waals surface area (Å²) in [4.78, 5) is 14.3. The van der Waals surface area contributed by atoms with E-state index in [-0.39, 0.29) is 11.9 Å². The Labute approximate surface area is 110 Å². The Bertz CT molecular complexity index is 404. The first kappa shape index (κ1) is 13.2. The van der Waals surface area contributed by atoms with Crippen LogP contribution >= 0.6 is 11.8 Å². The van der Waals surface area contributed by atoms with Crippen molar-refractivity contribution in [3.8, 4) is 0 Å². The number of nitrogen functional groups attached to an aromatic ring is 1. The molecule has 1 aromatic rings. The molecule has 1 amide bonds. The van der Waals surface area contributed by atoms with Crippen molar-refractivity contribution in [2.24, 2.45) is 0 Å². The van der Waals surface area contributed by atoms with Crippen LogP contribution in [-0.2, 0) is 4.74 Å². The fourth-order valence-electron chi connectivity index (χ4n) is 2.02. The van der Waals surface area contributed by atoms with Crippen LogP contribution in [0.25, 0.3) is 0 Å². The third-order valence-electron chi connectivity index (χ3n) is 3.03. The van der Waals surface area contributed by atoms with Gasteiger partial charge in [0.1, 0.15) is 5.69 Å². The van der Waals surface area contributed by atoms with Crippen LogP contribution in [0, 0.1) is 0 Å². The van der Waals surface area contributed by atoms with E-state index >= 15 is 0 Å². The Kier molecular flexibility index (Phi) is 4.48. The highest BCUT2D eigenvalue weighted by Gasteiger charge is 2.29. The van der Waals surface area contributed by atoms with Crippen LogP contribution in [0.3, 0.4) is 0 Å². The number of thioether (sulfide) groups is 1. The molecule has 0 radical (unpaired) electrons. The number of aromatic amines is 1. The van der Waals surface area contributed by atoms with Gasteiger partial charge in [0.25, 0.3) is 5.91 Å². The fraction of sp³-hybridized carbons (Fsp3) is 0.636. The molecular formula is C11H18N4O2S. The molecule has 1 aliphatic heterocycles. The van der Waals surface area contributed by atoms with E-state index in [1.807, 2.05) is 16.7 Å². The van der Waals surface area contributed by atoms with Gasteiger partial charge in [-0.15, -0.1) is 0 Å². The minimum absolute atomic E-state index is 0.0884. The topological polar surface area (TPSA) is 84.2 Å². The number of nitrogens with one attached hydrogen (secondary N) is 1. The van der Waals surface area contributed by atoms with Gasteiger partial charge in [0, 0.05) is 25.4 Å². The molecule has 18 heavy (non-hydrogen) atoms. The van der Waals surface area contributed by atoms with Crippen LogP contribution in [0.1, 0.15) is 16.9 Å². The predicted octanol–water partition coefficient (Wildman–Crippen LogP) is 0.586. The number of nitrogens with two attached hydrogens (primary N) is 1. The lowest BCUT2D eigenvalue weighted by atomic mass is 10.2. The van der Waals surface area contributed by atoms with Crippen molar-refractivity contribution in [1.29, 1.82) is 0 Å². The number of anilines is 1. The van der Waals surface area contributed by atoms with E-state index in [1.54, 1.807) is 7.11 Å². The average Bonchev–Trinajstić information content (AvgIpc) is 3.00. The van der Waals surface area contributed by atoms with Crippen LogP contribution in [0.2, 0.25) is 0 Å². The normalized spacial score (nSPS) is 19.1. The first-order valence-electron chi connectivity index (χ1n) is 5.90. The molecule has 1 fully saturated rings. The van der Waals surface area contributed by atoms with E-state index in [0.717, 1.165) is 17.9 Å². The zero-order valence-corrected chi connectivity index (χ0v) is 11.2. The number of aromatic nitrogens is 2. The highest BCUT2D eigenvalue weighted by molar-refractivity contribution is 7.99. The lowest BCUT2D eigenvalue weighted by Gasteiger charge is -2.28. The third-order valence-corrected chi connectivity index (χ3v) is 4.17. The summed E-state index contributed by atoms with van der Waals surface area (Å²) in [7, 11) is 1.64. The summed E-state index contributed by atoms with van der Waals surface area (Å²) in [6.07, 6.45) is 2.49. The van der Waals surface area contributed by atoms with Gasteiger partial charge in [0.15, 0.2) is 0 Å². The summed E-state index contributed by atoms with van der Waals surface area (Å²) in [5.74, 6) is 1.98. The molecule has 7 heteroatoms. The Morgan fingerprint density at radius 3 is 3.17 bits per heavy atom. The summed E-state index contributed by atoms with van der Waals surface area (Å²) in [6.45, 7) is 1.11. The molecule has 1 saturated heterocycles. The molecule has 2 heterocycles. The van der Waals surface area contributed by atoms with E-state index in [1.165, 1.54) is 6.20 Å². The average molecular weight is 270 g/mol. The molecule has 3 N–H and O–H groups in total. The molecule has 0 aliphatic carbocycles. The molecule has 0 bridgehead atoms. The monoisotopic (exact) mass is 270 g/mol. The summed E-state index contributed by atoms with van der Waals surface area (Å²) in [6, 6.07) is 0.264. The zero-order chi connectivity index (χ0) is 13.0. The molecular weight excluding hydrogens is 252 g/mol. The number of hydrogen-bond acceptors (Lipinski definition) is 5. The van der Waals surface area contributed by atoms with Crippen molar-refractivity contribution in [3.63, 3.8) is 0 Å². The largest absolute Gasteiger partial charge is 0.396 e.